The first-order chi connectivity index (χ1) is 31.1. The standard InChI is InChI=1S/C25H43NO6S.C25H43NO3.ClHO3S/c1-15(5-8-22(28)32-4)18-6-7-19-23-20(10-12-25(18,19)3)24(2)11-9-17(27)13-16(24)14-21(23)26-33(29,30)31;1-15(5-8-22(28)29-4)18-6-7-19-23-20(10-12-25(18,19)3)24(2)11-9-17(27)13-16(24)14-21(23)26;1-5(2,3)4/h15-21,23,26-27H,5-14H2,1-4H3,(H,29,30,31);15-21,23,27H,5-14,26H2,1-4H3;(H,2,3,4)/t2*15-,16+,17-,18-,19+,20+,21-,23+,24+,25-;/m11./s1. The van der Waals surface area contributed by atoms with Crippen LogP contribution in [0, 0.1) is 92.7 Å². The van der Waals surface area contributed by atoms with Gasteiger partial charge in [-0.15, -0.1) is 0 Å². The van der Waals surface area contributed by atoms with E-state index in [9.17, 15) is 32.8 Å². The molecular formula is C50H87ClN2O12S2. The van der Waals surface area contributed by atoms with Crippen LogP contribution in [0.25, 0.3) is 0 Å². The largest absolute Gasteiger partial charge is 0.469 e. The first kappa shape index (κ1) is 55.2. The van der Waals surface area contributed by atoms with Crippen molar-refractivity contribution in [1.29, 1.82) is 0 Å². The van der Waals surface area contributed by atoms with E-state index in [1.54, 1.807) is 0 Å². The minimum atomic E-state index is -4.31. The Morgan fingerprint density at radius 1 is 0.627 bits per heavy atom. The molecule has 8 fully saturated rings. The highest BCUT2D eigenvalue weighted by atomic mass is 35.7. The first-order valence-electron chi connectivity index (χ1n) is 25.8. The maximum Gasteiger partial charge on any atom is 0.353 e. The molecule has 67 heavy (non-hydrogen) atoms. The Bertz CT molecular complexity index is 1950. The van der Waals surface area contributed by atoms with E-state index in [-0.39, 0.29) is 58.9 Å². The van der Waals surface area contributed by atoms with Crippen LogP contribution in [0.1, 0.15) is 170 Å². The highest BCUT2D eigenvalue weighted by molar-refractivity contribution is 8.09. The molecule has 8 aliphatic rings. The van der Waals surface area contributed by atoms with Gasteiger partial charge in [0.15, 0.2) is 0 Å². The molecule has 388 valence electrons. The molecule has 0 heterocycles. The Morgan fingerprint density at radius 2 is 1.00 bits per heavy atom. The van der Waals surface area contributed by atoms with Gasteiger partial charge in [0.25, 0.3) is 0 Å². The van der Waals surface area contributed by atoms with Crippen molar-refractivity contribution < 1.29 is 55.2 Å². The van der Waals surface area contributed by atoms with E-state index in [4.69, 9.17) is 28.2 Å². The monoisotopic (exact) mass is 1010 g/mol. The van der Waals surface area contributed by atoms with E-state index in [2.05, 4.69) is 56.9 Å². The molecule has 8 rings (SSSR count). The minimum Gasteiger partial charge on any atom is -0.469 e. The molecule has 17 heteroatoms. The zero-order valence-corrected chi connectivity index (χ0v) is 44.1. The van der Waals surface area contributed by atoms with Crippen molar-refractivity contribution in [3.63, 3.8) is 0 Å². The SMILES string of the molecule is COC(=O)CC[C@@H](C)[C@H]1CC[C@H]2[C@@H]3[C@H](N)C[C@@H]4C[C@H](O)CC[C@]4(C)[C@H]3CC[C@]12C.COC(=O)CC[C@@H](C)[C@H]1CC[C@H]2[C@@H]3[C@H](NS(=O)(=O)O)C[C@@H]4C[C@H](O)CC[C@]4(C)[C@H]3CC[C@]12C.O=S(=O)(O)Cl. The Kier molecular flexibility index (Phi) is 17.4. The highest BCUT2D eigenvalue weighted by Gasteiger charge is 2.65. The average molecular weight is 1010 g/mol. The number of aliphatic hydroxyl groups is 2. The summed E-state index contributed by atoms with van der Waals surface area (Å²) in [4.78, 5) is 23.4. The summed E-state index contributed by atoms with van der Waals surface area (Å²) in [6.07, 6.45) is 19.3. The number of aliphatic hydroxyl groups excluding tert-OH is 2. The predicted molar refractivity (Wildman–Crippen MR) is 258 cm³/mol. The number of carbonyl (C=O) groups is 2. The topological polar surface area (TPSA) is 240 Å². The van der Waals surface area contributed by atoms with Crippen molar-refractivity contribution in [3.05, 3.63) is 0 Å². The van der Waals surface area contributed by atoms with Crippen molar-refractivity contribution in [2.45, 2.75) is 194 Å². The average Bonchev–Trinajstić information content (AvgIpc) is 3.78. The fourth-order valence-corrected chi connectivity index (χ4v) is 18.7. The molecule has 8 aliphatic carbocycles. The summed E-state index contributed by atoms with van der Waals surface area (Å²) in [7, 11) is -1.52. The van der Waals surface area contributed by atoms with E-state index in [1.807, 2.05) is 0 Å². The van der Waals surface area contributed by atoms with E-state index in [0.717, 1.165) is 88.9 Å². The van der Waals surface area contributed by atoms with Crippen LogP contribution in [0.3, 0.4) is 0 Å². The molecule has 0 aromatic rings. The highest BCUT2D eigenvalue weighted by Crippen LogP contribution is 2.70. The lowest BCUT2D eigenvalue weighted by Crippen LogP contribution is -2.62. The van der Waals surface area contributed by atoms with Crippen LogP contribution in [0.5, 0.6) is 0 Å². The number of ether oxygens (including phenoxy) is 2. The van der Waals surface area contributed by atoms with Crippen LogP contribution in [0.15, 0.2) is 0 Å². The van der Waals surface area contributed by atoms with E-state index >= 15 is 0 Å². The number of hydrogen-bond acceptors (Lipinski definition) is 11. The summed E-state index contributed by atoms with van der Waals surface area (Å²) in [6, 6.07) is -0.000694. The van der Waals surface area contributed by atoms with Crippen molar-refractivity contribution in [3.8, 4) is 0 Å². The Balaban J connectivity index is 0.000000202. The molecule has 0 saturated heterocycles. The second-order valence-corrected chi connectivity index (χ2v) is 27.4. The fourth-order valence-electron chi connectivity index (χ4n) is 18.1. The number of rotatable bonds is 10. The van der Waals surface area contributed by atoms with Gasteiger partial charge in [-0.2, -0.15) is 21.6 Å². The lowest BCUT2D eigenvalue weighted by atomic mass is 9.43. The smallest absolute Gasteiger partial charge is 0.353 e. The van der Waals surface area contributed by atoms with Gasteiger partial charge in [0, 0.05) is 35.6 Å². The van der Waals surface area contributed by atoms with Gasteiger partial charge in [0.05, 0.1) is 26.4 Å². The van der Waals surface area contributed by atoms with Crippen LogP contribution in [0.2, 0.25) is 0 Å². The molecule has 0 amide bonds. The molecule has 0 spiro atoms. The number of esters is 2. The van der Waals surface area contributed by atoms with Gasteiger partial charge in [-0.1, -0.05) is 41.5 Å². The molecule has 0 aromatic heterocycles. The lowest BCUT2D eigenvalue weighted by molar-refractivity contribution is -0.143. The molecule has 0 radical (unpaired) electrons. The van der Waals surface area contributed by atoms with E-state index < -0.39 is 19.6 Å². The maximum atomic E-state index is 12.0. The predicted octanol–water partition coefficient (Wildman–Crippen LogP) is 8.53. The molecule has 0 aromatic carbocycles. The van der Waals surface area contributed by atoms with Crippen molar-refractivity contribution in [2.75, 3.05) is 14.2 Å². The van der Waals surface area contributed by atoms with Gasteiger partial charge in [-0.05, 0) is 208 Å². The molecule has 0 aliphatic heterocycles. The zero-order chi connectivity index (χ0) is 49.7. The Hall–Kier alpha value is -1.11. The molecule has 14 nitrogen and oxygen atoms in total. The molecule has 7 N–H and O–H groups in total. The Morgan fingerprint density at radius 3 is 1.42 bits per heavy atom. The number of halogens is 1. The summed E-state index contributed by atoms with van der Waals surface area (Å²) in [5.74, 6) is 5.87. The van der Waals surface area contributed by atoms with E-state index in [1.165, 1.54) is 46.3 Å². The molecule has 0 unspecified atom stereocenters. The third-order valence-corrected chi connectivity index (χ3v) is 21.9. The zero-order valence-electron chi connectivity index (χ0n) is 41.7. The lowest BCUT2D eigenvalue weighted by Gasteiger charge is -2.63. The van der Waals surface area contributed by atoms with Crippen LogP contribution < -0.4 is 10.5 Å². The van der Waals surface area contributed by atoms with Crippen LogP contribution in [-0.2, 0) is 38.7 Å². The molecule has 20 atom stereocenters. The first-order valence-corrected chi connectivity index (χ1v) is 29.5. The second kappa shape index (κ2) is 21.2. The number of hydrogen-bond donors (Lipinski definition) is 6. The number of methoxy groups -OCH3 is 2. The maximum absolute atomic E-state index is 12.0. The number of carbonyl (C=O) groups excluding carboxylic acids is 2. The minimum absolute atomic E-state index is 0.0759. The van der Waals surface area contributed by atoms with Crippen LogP contribution in [0.4, 0.5) is 0 Å². The normalized spacial score (nSPS) is 45.3. The molecular weight excluding hydrogens is 920 g/mol. The summed E-state index contributed by atoms with van der Waals surface area (Å²) in [5.41, 5.74) is 7.86. The van der Waals surface area contributed by atoms with Crippen LogP contribution >= 0.6 is 10.7 Å². The number of nitrogens with two attached hydrogens (primary N) is 1. The van der Waals surface area contributed by atoms with Gasteiger partial charge >= 0.3 is 31.6 Å². The molecule has 0 bridgehead atoms. The van der Waals surface area contributed by atoms with Gasteiger partial charge in [-0.25, -0.2) is 0 Å². The third kappa shape index (κ3) is 11.7. The second-order valence-electron chi connectivity index (χ2n) is 24.2. The van der Waals surface area contributed by atoms with Crippen molar-refractivity contribution in [1.82, 2.24) is 4.72 Å². The quantitative estimate of drug-likeness (QED) is 0.0684. The summed E-state index contributed by atoms with van der Waals surface area (Å²) < 4.78 is 71.2. The van der Waals surface area contributed by atoms with Crippen molar-refractivity contribution in [2.24, 2.45) is 98.4 Å². The summed E-state index contributed by atoms with van der Waals surface area (Å²) in [6.45, 7) is 14.5. The van der Waals surface area contributed by atoms with Gasteiger partial charge in [0.1, 0.15) is 0 Å². The fraction of sp³-hybridized carbons (Fsp3) is 0.960. The summed E-state index contributed by atoms with van der Waals surface area (Å²) in [5, 5.41) is 20.6. The van der Waals surface area contributed by atoms with Gasteiger partial charge in [0.2, 0.25) is 0 Å². The third-order valence-electron chi connectivity index (χ3n) is 21.3. The summed E-state index contributed by atoms with van der Waals surface area (Å²) >= 11 is 0. The Labute approximate surface area is 407 Å². The molecule has 8 saturated carbocycles. The van der Waals surface area contributed by atoms with Crippen molar-refractivity contribution >= 4 is 42.3 Å². The van der Waals surface area contributed by atoms with Gasteiger partial charge < -0.3 is 25.4 Å². The number of fused-ring (bicyclic) bond motifs is 10. The van der Waals surface area contributed by atoms with Crippen LogP contribution in [-0.4, -0.2) is 86.6 Å². The van der Waals surface area contributed by atoms with E-state index in [0.29, 0.717) is 77.4 Å². The number of nitrogens with one attached hydrogen (secondary N) is 1. The van der Waals surface area contributed by atoms with Gasteiger partial charge in [-0.3, -0.25) is 18.7 Å².